The fourth-order valence-electron chi connectivity index (χ4n) is 2.31. The van der Waals surface area contributed by atoms with Crippen molar-refractivity contribution in [2.24, 2.45) is 0 Å². The Morgan fingerprint density at radius 2 is 2.10 bits per heavy atom. The van der Waals surface area contributed by atoms with Crippen molar-refractivity contribution in [3.05, 3.63) is 23.4 Å². The topological polar surface area (TPSA) is 51.2 Å². The first-order chi connectivity index (χ1) is 9.67. The lowest BCUT2D eigenvalue weighted by molar-refractivity contribution is -0.121. The van der Waals surface area contributed by atoms with Crippen molar-refractivity contribution in [1.29, 1.82) is 0 Å². The average Bonchev–Trinajstić information content (AvgIpc) is 2.44. The summed E-state index contributed by atoms with van der Waals surface area (Å²) in [6, 6.07) is 3.78. The standard InChI is InChI=1S/C14H18Cl2N2O2/c15-8-7-13(19)18-11-2-4-12(5-3-11)20-14-6-1-10(16)9-17-14/h1,6,9,11-12H,2-5,7-8H2,(H,18,19). The van der Waals surface area contributed by atoms with Gasteiger partial charge in [-0.3, -0.25) is 4.79 Å². The number of nitrogens with zero attached hydrogens (tertiary/aromatic N) is 1. The number of nitrogens with one attached hydrogen (secondary N) is 1. The third-order valence-electron chi connectivity index (χ3n) is 3.35. The highest BCUT2D eigenvalue weighted by molar-refractivity contribution is 6.30. The predicted octanol–water partition coefficient (Wildman–Crippen LogP) is 3.17. The summed E-state index contributed by atoms with van der Waals surface area (Å²) in [5.74, 6) is 1.000. The number of aromatic nitrogens is 1. The Kier molecular flexibility index (Phi) is 5.92. The Labute approximate surface area is 128 Å². The summed E-state index contributed by atoms with van der Waals surface area (Å²) in [5, 5.41) is 3.60. The Hall–Kier alpha value is -1.00. The monoisotopic (exact) mass is 316 g/mol. The van der Waals surface area contributed by atoms with E-state index in [1.165, 1.54) is 0 Å². The van der Waals surface area contributed by atoms with E-state index in [9.17, 15) is 4.79 Å². The molecule has 0 aliphatic heterocycles. The van der Waals surface area contributed by atoms with Gasteiger partial charge in [0.2, 0.25) is 11.8 Å². The molecule has 0 bridgehead atoms. The number of hydrogen-bond acceptors (Lipinski definition) is 3. The quantitative estimate of drug-likeness (QED) is 0.849. The van der Waals surface area contributed by atoms with Gasteiger partial charge in [0.05, 0.1) is 5.02 Å². The van der Waals surface area contributed by atoms with E-state index in [-0.39, 0.29) is 18.1 Å². The van der Waals surface area contributed by atoms with Crippen LogP contribution in [0, 0.1) is 0 Å². The molecule has 0 radical (unpaired) electrons. The number of carbonyl (C=O) groups is 1. The van der Waals surface area contributed by atoms with Crippen LogP contribution in [-0.2, 0) is 4.79 Å². The van der Waals surface area contributed by atoms with Crippen LogP contribution in [0.1, 0.15) is 32.1 Å². The molecule has 1 aromatic heterocycles. The van der Waals surface area contributed by atoms with Gasteiger partial charge < -0.3 is 10.1 Å². The maximum Gasteiger partial charge on any atom is 0.221 e. The maximum absolute atomic E-state index is 11.5. The molecular weight excluding hydrogens is 299 g/mol. The molecule has 0 unspecified atom stereocenters. The molecule has 4 nitrogen and oxygen atoms in total. The van der Waals surface area contributed by atoms with E-state index >= 15 is 0 Å². The third-order valence-corrected chi connectivity index (χ3v) is 3.76. The van der Waals surface area contributed by atoms with Gasteiger partial charge in [-0.05, 0) is 31.7 Å². The minimum Gasteiger partial charge on any atom is -0.474 e. The van der Waals surface area contributed by atoms with Crippen LogP contribution in [0.2, 0.25) is 5.02 Å². The van der Waals surface area contributed by atoms with E-state index in [0.29, 0.717) is 23.2 Å². The molecule has 1 heterocycles. The smallest absolute Gasteiger partial charge is 0.221 e. The lowest BCUT2D eigenvalue weighted by Crippen LogP contribution is -2.39. The zero-order valence-electron chi connectivity index (χ0n) is 11.1. The average molecular weight is 317 g/mol. The van der Waals surface area contributed by atoms with Gasteiger partial charge in [0.25, 0.3) is 0 Å². The van der Waals surface area contributed by atoms with Crippen LogP contribution < -0.4 is 10.1 Å². The summed E-state index contributed by atoms with van der Waals surface area (Å²) >= 11 is 11.3. The van der Waals surface area contributed by atoms with E-state index in [4.69, 9.17) is 27.9 Å². The normalized spacial score (nSPS) is 22.3. The zero-order valence-corrected chi connectivity index (χ0v) is 12.7. The van der Waals surface area contributed by atoms with Crippen molar-refractivity contribution < 1.29 is 9.53 Å². The van der Waals surface area contributed by atoms with E-state index < -0.39 is 0 Å². The first-order valence-electron chi connectivity index (χ1n) is 6.81. The molecule has 6 heteroatoms. The highest BCUT2D eigenvalue weighted by Gasteiger charge is 2.23. The number of hydrogen-bond donors (Lipinski definition) is 1. The van der Waals surface area contributed by atoms with Crippen LogP contribution in [0.5, 0.6) is 5.88 Å². The number of halogens is 2. The van der Waals surface area contributed by atoms with E-state index in [1.54, 1.807) is 18.3 Å². The van der Waals surface area contributed by atoms with Gasteiger partial charge in [0.15, 0.2) is 0 Å². The Morgan fingerprint density at radius 3 is 2.70 bits per heavy atom. The van der Waals surface area contributed by atoms with Crippen LogP contribution in [-0.4, -0.2) is 28.9 Å². The van der Waals surface area contributed by atoms with Gasteiger partial charge in [0, 0.05) is 30.6 Å². The molecule has 0 aromatic carbocycles. The molecule has 20 heavy (non-hydrogen) atoms. The molecule has 1 amide bonds. The van der Waals surface area contributed by atoms with E-state index in [1.807, 2.05) is 0 Å². The number of ether oxygens (including phenoxy) is 1. The molecule has 1 aliphatic carbocycles. The first-order valence-corrected chi connectivity index (χ1v) is 7.72. The molecule has 0 spiro atoms. The van der Waals surface area contributed by atoms with Crippen LogP contribution in [0.3, 0.4) is 0 Å². The largest absolute Gasteiger partial charge is 0.474 e. The second kappa shape index (κ2) is 7.70. The second-order valence-electron chi connectivity index (χ2n) is 4.91. The van der Waals surface area contributed by atoms with Gasteiger partial charge in [-0.2, -0.15) is 0 Å². The van der Waals surface area contributed by atoms with E-state index in [0.717, 1.165) is 25.7 Å². The van der Waals surface area contributed by atoms with Crippen LogP contribution >= 0.6 is 23.2 Å². The summed E-state index contributed by atoms with van der Waals surface area (Å²) in [7, 11) is 0. The number of amides is 1. The molecule has 1 aliphatic rings. The minimum absolute atomic E-state index is 0.0312. The molecule has 1 fully saturated rings. The summed E-state index contributed by atoms with van der Waals surface area (Å²) in [4.78, 5) is 15.6. The molecule has 110 valence electrons. The number of alkyl halides is 1. The first kappa shape index (κ1) is 15.4. The van der Waals surface area contributed by atoms with Crippen LogP contribution in [0.4, 0.5) is 0 Å². The molecule has 1 saturated carbocycles. The van der Waals surface area contributed by atoms with E-state index in [2.05, 4.69) is 10.3 Å². The van der Waals surface area contributed by atoms with Gasteiger partial charge in [0.1, 0.15) is 6.10 Å². The second-order valence-corrected chi connectivity index (χ2v) is 5.73. The fourth-order valence-corrected chi connectivity index (χ4v) is 2.60. The Bertz CT molecular complexity index is 431. The van der Waals surface area contributed by atoms with Crippen molar-refractivity contribution in [3.8, 4) is 5.88 Å². The SMILES string of the molecule is O=C(CCCl)NC1CCC(Oc2ccc(Cl)cn2)CC1. The highest BCUT2D eigenvalue weighted by atomic mass is 35.5. The summed E-state index contributed by atoms with van der Waals surface area (Å²) in [5.41, 5.74) is 0. The van der Waals surface area contributed by atoms with Crippen molar-refractivity contribution in [1.82, 2.24) is 10.3 Å². The number of pyridine rings is 1. The Morgan fingerprint density at radius 1 is 1.35 bits per heavy atom. The summed E-state index contributed by atoms with van der Waals surface area (Å²) in [6.45, 7) is 0. The summed E-state index contributed by atoms with van der Waals surface area (Å²) < 4.78 is 5.81. The van der Waals surface area contributed by atoms with Gasteiger partial charge in [-0.15, -0.1) is 11.6 Å². The maximum atomic E-state index is 11.5. The molecule has 0 saturated heterocycles. The Balaban J connectivity index is 1.74. The molecule has 1 N–H and O–H groups in total. The van der Waals surface area contributed by atoms with Crippen LogP contribution in [0.25, 0.3) is 0 Å². The minimum atomic E-state index is 0.0312. The lowest BCUT2D eigenvalue weighted by atomic mass is 9.93. The van der Waals surface area contributed by atoms with Gasteiger partial charge in [-0.25, -0.2) is 4.98 Å². The predicted molar refractivity (Wildman–Crippen MR) is 79.4 cm³/mol. The van der Waals surface area contributed by atoms with Crippen molar-refractivity contribution in [2.75, 3.05) is 5.88 Å². The molecular formula is C14H18Cl2N2O2. The number of carbonyl (C=O) groups excluding carboxylic acids is 1. The van der Waals surface area contributed by atoms with Crippen LogP contribution in [0.15, 0.2) is 18.3 Å². The van der Waals surface area contributed by atoms with Crippen molar-refractivity contribution >= 4 is 29.1 Å². The fraction of sp³-hybridized carbons (Fsp3) is 0.571. The van der Waals surface area contributed by atoms with Crippen molar-refractivity contribution in [2.45, 2.75) is 44.2 Å². The molecule has 2 rings (SSSR count). The molecule has 1 aromatic rings. The molecule has 0 atom stereocenters. The lowest BCUT2D eigenvalue weighted by Gasteiger charge is -2.29. The summed E-state index contributed by atoms with van der Waals surface area (Å²) in [6.07, 6.45) is 5.79. The van der Waals surface area contributed by atoms with Gasteiger partial charge >= 0.3 is 0 Å². The zero-order chi connectivity index (χ0) is 14.4. The number of rotatable bonds is 5. The van der Waals surface area contributed by atoms with Gasteiger partial charge in [-0.1, -0.05) is 11.6 Å². The third kappa shape index (κ3) is 4.84. The highest BCUT2D eigenvalue weighted by Crippen LogP contribution is 2.23. The van der Waals surface area contributed by atoms with Crippen molar-refractivity contribution in [3.63, 3.8) is 0 Å².